The SMILES string of the molecule is NCCc1cn2c(-c3cnn(N)c3)cnc2c(Nc2ccc(-n3ccnc3)cc2)n1. The fourth-order valence-corrected chi connectivity index (χ4v) is 3.34. The van der Waals surface area contributed by atoms with Crippen LogP contribution in [0.4, 0.5) is 11.5 Å². The van der Waals surface area contributed by atoms with Crippen LogP contribution in [-0.2, 0) is 6.42 Å². The van der Waals surface area contributed by atoms with Gasteiger partial charge in [0.15, 0.2) is 11.5 Å². The monoisotopic (exact) mass is 400 g/mol. The van der Waals surface area contributed by atoms with Gasteiger partial charge in [-0.15, -0.1) is 0 Å². The Kier molecular flexibility index (Phi) is 4.37. The molecule has 4 aromatic heterocycles. The first kappa shape index (κ1) is 17.9. The summed E-state index contributed by atoms with van der Waals surface area (Å²) >= 11 is 0. The van der Waals surface area contributed by atoms with Crippen molar-refractivity contribution >= 4 is 17.2 Å². The molecule has 4 heterocycles. The molecule has 150 valence electrons. The smallest absolute Gasteiger partial charge is 0.180 e. The van der Waals surface area contributed by atoms with E-state index in [1.807, 2.05) is 45.6 Å². The Morgan fingerprint density at radius 2 is 1.93 bits per heavy atom. The number of nitrogen functional groups attached to an aromatic ring is 1. The average molecular weight is 400 g/mol. The molecular formula is C20H20N10. The maximum absolute atomic E-state index is 5.78. The van der Waals surface area contributed by atoms with Crippen LogP contribution in [0.3, 0.4) is 0 Å². The second-order valence-electron chi connectivity index (χ2n) is 6.81. The third-order valence-electron chi connectivity index (χ3n) is 4.77. The van der Waals surface area contributed by atoms with Crippen LogP contribution >= 0.6 is 0 Å². The van der Waals surface area contributed by atoms with Crippen molar-refractivity contribution in [3.05, 3.63) is 73.5 Å². The van der Waals surface area contributed by atoms with Gasteiger partial charge in [-0.3, -0.25) is 4.40 Å². The number of nitrogens with one attached hydrogen (secondary N) is 1. The molecule has 10 nitrogen and oxygen atoms in total. The summed E-state index contributed by atoms with van der Waals surface area (Å²) in [5.74, 6) is 6.37. The molecule has 0 amide bonds. The lowest BCUT2D eigenvalue weighted by atomic mass is 10.2. The maximum Gasteiger partial charge on any atom is 0.180 e. The van der Waals surface area contributed by atoms with Crippen molar-refractivity contribution in [2.75, 3.05) is 17.7 Å². The van der Waals surface area contributed by atoms with Gasteiger partial charge in [-0.1, -0.05) is 0 Å². The number of hydrogen-bond donors (Lipinski definition) is 3. The van der Waals surface area contributed by atoms with Crippen LogP contribution in [-0.4, -0.2) is 40.4 Å². The topological polar surface area (TPSA) is 130 Å². The Morgan fingerprint density at radius 1 is 1.07 bits per heavy atom. The number of nitrogens with zero attached hydrogens (tertiary/aromatic N) is 7. The van der Waals surface area contributed by atoms with Gasteiger partial charge in [-0.05, 0) is 30.8 Å². The molecule has 5 rings (SSSR count). The van der Waals surface area contributed by atoms with Gasteiger partial charge in [0.2, 0.25) is 0 Å². The minimum atomic E-state index is 0.502. The zero-order valence-electron chi connectivity index (χ0n) is 16.1. The Hall–Kier alpha value is -4.18. The first-order valence-electron chi connectivity index (χ1n) is 9.44. The number of rotatable bonds is 6. The molecule has 0 fully saturated rings. The maximum atomic E-state index is 5.78. The number of nitrogens with two attached hydrogens (primary N) is 2. The van der Waals surface area contributed by atoms with Crippen LogP contribution < -0.4 is 16.9 Å². The van der Waals surface area contributed by atoms with E-state index >= 15 is 0 Å². The highest BCUT2D eigenvalue weighted by molar-refractivity contribution is 5.74. The van der Waals surface area contributed by atoms with Gasteiger partial charge in [0.25, 0.3) is 0 Å². The lowest BCUT2D eigenvalue weighted by Crippen LogP contribution is -2.08. The molecular weight excluding hydrogens is 380 g/mol. The molecule has 0 atom stereocenters. The Balaban J connectivity index is 1.54. The number of hydrogen-bond acceptors (Lipinski definition) is 7. The van der Waals surface area contributed by atoms with Crippen LogP contribution in [0.5, 0.6) is 0 Å². The van der Waals surface area contributed by atoms with E-state index in [1.54, 1.807) is 31.1 Å². The van der Waals surface area contributed by atoms with Crippen molar-refractivity contribution in [2.24, 2.45) is 5.73 Å². The molecule has 0 aliphatic rings. The normalized spacial score (nSPS) is 11.2. The van der Waals surface area contributed by atoms with Crippen molar-refractivity contribution in [1.82, 2.24) is 33.8 Å². The first-order valence-corrected chi connectivity index (χ1v) is 9.44. The minimum Gasteiger partial charge on any atom is -0.337 e. The molecule has 0 aliphatic carbocycles. The van der Waals surface area contributed by atoms with E-state index in [2.05, 4.69) is 20.4 Å². The van der Waals surface area contributed by atoms with E-state index in [-0.39, 0.29) is 0 Å². The van der Waals surface area contributed by atoms with Crippen LogP contribution in [0.25, 0.3) is 22.6 Å². The predicted octanol–water partition coefficient (Wildman–Crippen LogP) is 1.74. The van der Waals surface area contributed by atoms with E-state index in [9.17, 15) is 0 Å². The lowest BCUT2D eigenvalue weighted by molar-refractivity contribution is 0.832. The van der Waals surface area contributed by atoms with Gasteiger partial charge < -0.3 is 21.5 Å². The molecule has 10 heteroatoms. The fraction of sp³-hybridized carbons (Fsp3) is 0.100. The van der Waals surface area contributed by atoms with Crippen molar-refractivity contribution in [3.8, 4) is 16.9 Å². The summed E-state index contributed by atoms with van der Waals surface area (Å²) in [4.78, 5) is 14.7. The zero-order valence-corrected chi connectivity index (χ0v) is 16.1. The van der Waals surface area contributed by atoms with E-state index in [0.717, 1.165) is 28.3 Å². The molecule has 5 aromatic rings. The Morgan fingerprint density at radius 3 is 2.63 bits per heavy atom. The molecule has 5 N–H and O–H groups in total. The molecule has 1 aromatic carbocycles. The van der Waals surface area contributed by atoms with Gasteiger partial charge in [-0.2, -0.15) is 9.89 Å². The van der Waals surface area contributed by atoms with Gasteiger partial charge in [0, 0.05) is 41.9 Å². The van der Waals surface area contributed by atoms with Gasteiger partial charge in [-0.25, -0.2) is 15.0 Å². The van der Waals surface area contributed by atoms with Crippen LogP contribution in [0.1, 0.15) is 5.69 Å². The predicted molar refractivity (Wildman–Crippen MR) is 114 cm³/mol. The van der Waals surface area contributed by atoms with Crippen LogP contribution in [0.15, 0.2) is 67.8 Å². The molecule has 0 spiro atoms. The van der Waals surface area contributed by atoms with Crippen LogP contribution in [0, 0.1) is 0 Å². The largest absolute Gasteiger partial charge is 0.337 e. The van der Waals surface area contributed by atoms with E-state index in [1.165, 1.54) is 4.79 Å². The third-order valence-corrected chi connectivity index (χ3v) is 4.77. The molecule has 0 radical (unpaired) electrons. The molecule has 0 bridgehead atoms. The number of fused-ring (bicyclic) bond motifs is 1. The Labute approximate surface area is 171 Å². The number of aromatic nitrogens is 7. The zero-order chi connectivity index (χ0) is 20.5. The Bertz CT molecular complexity index is 1280. The summed E-state index contributed by atoms with van der Waals surface area (Å²) in [6.45, 7) is 0.502. The van der Waals surface area contributed by atoms with Crippen molar-refractivity contribution in [3.63, 3.8) is 0 Å². The van der Waals surface area contributed by atoms with E-state index in [0.29, 0.717) is 24.4 Å². The second kappa shape index (κ2) is 7.33. The van der Waals surface area contributed by atoms with Crippen molar-refractivity contribution in [1.29, 1.82) is 0 Å². The van der Waals surface area contributed by atoms with Gasteiger partial charge in [0.05, 0.1) is 36.3 Å². The highest BCUT2D eigenvalue weighted by atomic mass is 15.5. The highest BCUT2D eigenvalue weighted by Gasteiger charge is 2.14. The van der Waals surface area contributed by atoms with Crippen molar-refractivity contribution in [2.45, 2.75) is 6.42 Å². The molecule has 0 saturated heterocycles. The van der Waals surface area contributed by atoms with E-state index in [4.69, 9.17) is 16.6 Å². The summed E-state index contributed by atoms with van der Waals surface area (Å²) in [7, 11) is 0. The molecule has 0 saturated carbocycles. The van der Waals surface area contributed by atoms with Gasteiger partial charge in [0.1, 0.15) is 0 Å². The lowest BCUT2D eigenvalue weighted by Gasteiger charge is -2.11. The highest BCUT2D eigenvalue weighted by Crippen LogP contribution is 2.26. The summed E-state index contributed by atoms with van der Waals surface area (Å²) in [5.41, 5.74) is 11.0. The van der Waals surface area contributed by atoms with Crippen LogP contribution in [0.2, 0.25) is 0 Å². The van der Waals surface area contributed by atoms with E-state index < -0.39 is 0 Å². The average Bonchev–Trinajstić information content (AvgIpc) is 3.49. The first-order chi connectivity index (χ1) is 14.7. The summed E-state index contributed by atoms with van der Waals surface area (Å²) in [5, 5.41) is 7.44. The number of imidazole rings is 2. The fourth-order valence-electron chi connectivity index (χ4n) is 3.34. The minimum absolute atomic E-state index is 0.502. The molecule has 0 unspecified atom stereocenters. The summed E-state index contributed by atoms with van der Waals surface area (Å²) in [6.07, 6.45) is 13.2. The van der Waals surface area contributed by atoms with Gasteiger partial charge >= 0.3 is 0 Å². The quantitative estimate of drug-likeness (QED) is 0.370. The standard InChI is InChI=1S/C20H20N10/c21-6-5-16-12-29-18(14-9-25-30(22)11-14)10-24-20(29)19(27-16)26-15-1-3-17(4-2-15)28-8-7-23-13-28/h1-4,7-13H,5-6,21-22H2,(H,26,27). The summed E-state index contributed by atoms with van der Waals surface area (Å²) < 4.78 is 3.93. The number of benzene rings is 1. The summed E-state index contributed by atoms with van der Waals surface area (Å²) in [6, 6.07) is 8.01. The molecule has 30 heavy (non-hydrogen) atoms. The second-order valence-corrected chi connectivity index (χ2v) is 6.81. The number of anilines is 2. The van der Waals surface area contributed by atoms with Crippen molar-refractivity contribution < 1.29 is 0 Å². The molecule has 0 aliphatic heterocycles. The third kappa shape index (κ3) is 3.25.